The quantitative estimate of drug-likeness (QED) is 0.450. The molecular formula is C4H8N4O2. The lowest BCUT2D eigenvalue weighted by atomic mass is 10.2. The lowest BCUT2D eigenvalue weighted by Crippen LogP contribution is -2.25. The van der Waals surface area contributed by atoms with E-state index in [0.29, 0.717) is 0 Å². The van der Waals surface area contributed by atoms with E-state index < -0.39 is 5.79 Å². The summed E-state index contributed by atoms with van der Waals surface area (Å²) in [4.78, 5) is 0. The number of rotatable bonds is 2. The van der Waals surface area contributed by atoms with Crippen LogP contribution in [-0.4, -0.2) is 30.8 Å². The van der Waals surface area contributed by atoms with E-state index in [0.717, 1.165) is 0 Å². The van der Waals surface area contributed by atoms with Crippen LogP contribution in [0.15, 0.2) is 0 Å². The van der Waals surface area contributed by atoms with E-state index in [1.54, 1.807) is 6.92 Å². The minimum absolute atomic E-state index is 0.0324. The van der Waals surface area contributed by atoms with Crippen LogP contribution in [0.3, 0.4) is 0 Å². The van der Waals surface area contributed by atoms with Crippen LogP contribution in [-0.2, 0) is 5.79 Å². The average Bonchev–Trinajstić information content (AvgIpc) is 2.38. The van der Waals surface area contributed by atoms with Gasteiger partial charge in [-0.15, -0.1) is 5.10 Å². The molecular weight excluding hydrogens is 136 g/mol. The molecule has 0 radical (unpaired) electrons. The van der Waals surface area contributed by atoms with E-state index in [2.05, 4.69) is 20.6 Å². The average molecular weight is 144 g/mol. The fourth-order valence-electron chi connectivity index (χ4n) is 0.496. The summed E-state index contributed by atoms with van der Waals surface area (Å²) < 4.78 is 0. The van der Waals surface area contributed by atoms with Gasteiger partial charge in [0, 0.05) is 6.42 Å². The van der Waals surface area contributed by atoms with Crippen molar-refractivity contribution in [2.45, 2.75) is 19.1 Å². The number of hydrogen-bond donors (Lipinski definition) is 3. The highest BCUT2D eigenvalue weighted by molar-refractivity contribution is 4.87. The minimum atomic E-state index is -1.93. The normalized spacial score (nSPS) is 11.9. The summed E-state index contributed by atoms with van der Waals surface area (Å²) in [6, 6.07) is 0. The van der Waals surface area contributed by atoms with Crippen molar-refractivity contribution >= 4 is 0 Å². The Labute approximate surface area is 56.9 Å². The van der Waals surface area contributed by atoms with E-state index in [-0.39, 0.29) is 12.2 Å². The first-order valence-corrected chi connectivity index (χ1v) is 2.86. The molecule has 0 amide bonds. The van der Waals surface area contributed by atoms with E-state index in [9.17, 15) is 0 Å². The number of nitrogens with zero attached hydrogens (tertiary/aromatic N) is 3. The Kier molecular flexibility index (Phi) is 1.64. The second kappa shape index (κ2) is 2.31. The number of hydrogen-bond acceptors (Lipinski definition) is 5. The molecule has 0 atom stereocenters. The molecule has 0 aromatic carbocycles. The van der Waals surface area contributed by atoms with Crippen LogP contribution in [0.1, 0.15) is 19.2 Å². The summed E-state index contributed by atoms with van der Waals surface area (Å²) >= 11 is 0. The van der Waals surface area contributed by atoms with Crippen LogP contribution in [0.4, 0.5) is 0 Å². The number of aromatic amines is 1. The van der Waals surface area contributed by atoms with Crippen molar-refractivity contribution in [3.63, 3.8) is 0 Å². The standard InChI is InChI=1S/C4H8N4O2/c1-2-4(9,10)3-5-7-8-6-3/h9-10H,2H2,1H3,(H,5,6,7,8). The van der Waals surface area contributed by atoms with Crippen LogP contribution in [0.5, 0.6) is 0 Å². The monoisotopic (exact) mass is 144 g/mol. The van der Waals surface area contributed by atoms with E-state index in [4.69, 9.17) is 10.2 Å². The van der Waals surface area contributed by atoms with E-state index in [1.807, 2.05) is 0 Å². The zero-order valence-corrected chi connectivity index (χ0v) is 5.44. The highest BCUT2D eigenvalue weighted by atomic mass is 16.5. The van der Waals surface area contributed by atoms with Crippen molar-refractivity contribution in [2.24, 2.45) is 0 Å². The van der Waals surface area contributed by atoms with Crippen LogP contribution >= 0.6 is 0 Å². The third kappa shape index (κ3) is 1.12. The predicted octanol–water partition coefficient (Wildman–Crippen LogP) is -1.25. The summed E-state index contributed by atoms with van der Waals surface area (Å²) in [7, 11) is 0. The van der Waals surface area contributed by atoms with Gasteiger partial charge in [-0.25, -0.2) is 5.10 Å². The lowest BCUT2D eigenvalue weighted by molar-refractivity contribution is -0.177. The molecule has 10 heavy (non-hydrogen) atoms. The van der Waals surface area contributed by atoms with Crippen molar-refractivity contribution < 1.29 is 10.2 Å². The van der Waals surface area contributed by atoms with E-state index in [1.165, 1.54) is 0 Å². The van der Waals surface area contributed by atoms with Gasteiger partial charge in [0.2, 0.25) is 11.6 Å². The summed E-state index contributed by atoms with van der Waals surface area (Å²) in [5, 5.41) is 30.1. The number of aromatic nitrogens is 4. The molecule has 0 unspecified atom stereocenters. The molecule has 0 spiro atoms. The van der Waals surface area contributed by atoms with E-state index >= 15 is 0 Å². The molecule has 1 rings (SSSR count). The van der Waals surface area contributed by atoms with Gasteiger partial charge in [-0.3, -0.25) is 0 Å². The Morgan fingerprint density at radius 3 is 2.70 bits per heavy atom. The van der Waals surface area contributed by atoms with Gasteiger partial charge in [-0.05, 0) is 10.4 Å². The maximum atomic E-state index is 9.07. The highest BCUT2D eigenvalue weighted by Gasteiger charge is 2.27. The third-order valence-electron chi connectivity index (χ3n) is 1.22. The zero-order chi connectivity index (χ0) is 7.61. The molecule has 1 aromatic rings. The fourth-order valence-corrected chi connectivity index (χ4v) is 0.496. The second-order valence-corrected chi connectivity index (χ2v) is 1.92. The minimum Gasteiger partial charge on any atom is -0.360 e. The number of nitrogens with one attached hydrogen (secondary N) is 1. The van der Waals surface area contributed by atoms with Gasteiger partial charge >= 0.3 is 0 Å². The molecule has 3 N–H and O–H groups in total. The van der Waals surface area contributed by atoms with Crippen molar-refractivity contribution in [1.82, 2.24) is 20.6 Å². The maximum absolute atomic E-state index is 9.07. The number of tetrazole rings is 1. The van der Waals surface area contributed by atoms with Crippen molar-refractivity contribution in [3.05, 3.63) is 5.82 Å². The number of aliphatic hydroxyl groups is 2. The Morgan fingerprint density at radius 2 is 2.30 bits per heavy atom. The van der Waals surface area contributed by atoms with Gasteiger partial charge in [0.15, 0.2) is 0 Å². The highest BCUT2D eigenvalue weighted by Crippen LogP contribution is 2.14. The molecule has 6 heteroatoms. The molecule has 0 aliphatic carbocycles. The summed E-state index contributed by atoms with van der Waals surface area (Å²) in [6.07, 6.45) is 0.143. The Hall–Kier alpha value is -1.01. The Bertz CT molecular complexity index is 195. The molecule has 0 fully saturated rings. The molecule has 1 heterocycles. The first kappa shape index (κ1) is 7.10. The molecule has 0 aliphatic rings. The summed E-state index contributed by atoms with van der Waals surface area (Å²) in [6.45, 7) is 1.61. The van der Waals surface area contributed by atoms with Crippen LogP contribution in [0.2, 0.25) is 0 Å². The number of H-pyrrole nitrogens is 1. The Balaban J connectivity index is 2.85. The van der Waals surface area contributed by atoms with Crippen LogP contribution in [0.25, 0.3) is 0 Å². The Morgan fingerprint density at radius 1 is 1.60 bits per heavy atom. The van der Waals surface area contributed by atoms with Crippen molar-refractivity contribution in [2.75, 3.05) is 0 Å². The first-order chi connectivity index (χ1) is 4.67. The molecule has 0 saturated heterocycles. The molecule has 0 saturated carbocycles. The van der Waals surface area contributed by atoms with Gasteiger partial charge in [0.25, 0.3) is 0 Å². The zero-order valence-electron chi connectivity index (χ0n) is 5.44. The molecule has 6 nitrogen and oxygen atoms in total. The van der Waals surface area contributed by atoms with Gasteiger partial charge in [0.1, 0.15) is 0 Å². The smallest absolute Gasteiger partial charge is 0.226 e. The maximum Gasteiger partial charge on any atom is 0.226 e. The first-order valence-electron chi connectivity index (χ1n) is 2.86. The summed E-state index contributed by atoms with van der Waals surface area (Å²) in [5.74, 6) is -1.96. The molecule has 1 aromatic heterocycles. The van der Waals surface area contributed by atoms with Crippen LogP contribution < -0.4 is 0 Å². The molecule has 0 bridgehead atoms. The van der Waals surface area contributed by atoms with Gasteiger partial charge < -0.3 is 10.2 Å². The topological polar surface area (TPSA) is 94.9 Å². The largest absolute Gasteiger partial charge is 0.360 e. The van der Waals surface area contributed by atoms with Crippen molar-refractivity contribution in [1.29, 1.82) is 0 Å². The molecule has 0 aliphatic heterocycles. The van der Waals surface area contributed by atoms with Gasteiger partial charge in [-0.1, -0.05) is 6.92 Å². The SMILES string of the molecule is CCC(O)(O)c1nnn[nH]1. The third-order valence-corrected chi connectivity index (χ3v) is 1.22. The second-order valence-electron chi connectivity index (χ2n) is 1.92. The van der Waals surface area contributed by atoms with Crippen LogP contribution in [0, 0.1) is 0 Å². The van der Waals surface area contributed by atoms with Gasteiger partial charge in [-0.2, -0.15) is 0 Å². The lowest BCUT2D eigenvalue weighted by Gasteiger charge is -2.14. The molecule has 56 valence electrons. The fraction of sp³-hybridized carbons (Fsp3) is 0.750. The van der Waals surface area contributed by atoms with Crippen molar-refractivity contribution in [3.8, 4) is 0 Å². The van der Waals surface area contributed by atoms with Gasteiger partial charge in [0.05, 0.1) is 0 Å². The summed E-state index contributed by atoms with van der Waals surface area (Å²) in [5.41, 5.74) is 0. The predicted molar refractivity (Wildman–Crippen MR) is 30.6 cm³/mol.